The van der Waals surface area contributed by atoms with Crippen LogP contribution in [0, 0.1) is 0 Å². The van der Waals surface area contributed by atoms with E-state index in [0.717, 1.165) is 0 Å². The van der Waals surface area contributed by atoms with Crippen LogP contribution in [-0.2, 0) is 26.1 Å². The normalized spacial score (nSPS) is 9.09. The van der Waals surface area contributed by atoms with Crippen LogP contribution in [0.2, 0.25) is 0 Å². The quantitative estimate of drug-likeness (QED) is 0.277. The van der Waals surface area contributed by atoms with Crippen molar-refractivity contribution in [2.45, 2.75) is 0 Å². The van der Waals surface area contributed by atoms with Crippen molar-refractivity contribution in [2.24, 2.45) is 0 Å². The Kier molecular flexibility index (Phi) is 17.7. The number of hydrogen-bond acceptors (Lipinski definition) is 2. The van der Waals surface area contributed by atoms with Crippen LogP contribution in [0.5, 0.6) is 0 Å². The molecule has 0 heterocycles. The van der Waals surface area contributed by atoms with Gasteiger partial charge in [0.2, 0.25) is 0 Å². The summed E-state index contributed by atoms with van der Waals surface area (Å²) < 4.78 is 0. The van der Waals surface area contributed by atoms with Crippen LogP contribution >= 0.6 is 15.8 Å². The van der Waals surface area contributed by atoms with Crippen LogP contribution in [0.15, 0.2) is 121 Å². The Hall–Kier alpha value is -2.43. The molecule has 0 radical (unpaired) electrons. The second kappa shape index (κ2) is 19.1. The minimum absolute atomic E-state index is 0. The molecule has 0 N–H and O–H groups in total. The summed E-state index contributed by atoms with van der Waals surface area (Å²) in [4.78, 5) is 16.0. The van der Waals surface area contributed by atoms with Gasteiger partial charge in [0.25, 0.3) is 0 Å². The second-order valence-corrected chi connectivity index (χ2v) is 10.8. The Morgan fingerprint density at radius 1 is 0.394 bits per heavy atom. The van der Waals surface area contributed by atoms with Gasteiger partial charge in [0.1, 0.15) is 13.6 Å². The third-order valence-electron chi connectivity index (χ3n) is 4.57. The van der Waals surface area contributed by atoms with Gasteiger partial charge >= 0.3 is 0 Å². The van der Waals surface area contributed by atoms with Crippen LogP contribution in [0.1, 0.15) is 0 Å². The van der Waals surface area contributed by atoms with Gasteiger partial charge in [-0.2, -0.15) is 0 Å². The summed E-state index contributed by atoms with van der Waals surface area (Å²) >= 11 is 0. The summed E-state index contributed by atoms with van der Waals surface area (Å²) in [7, 11) is -0.342. The molecule has 0 aromatic heterocycles. The average Bonchev–Trinajstić information content (AvgIpc) is 2.92. The standard InChI is InChI=1S/2C13H13P.2CH2O.Ni/c2*1-14(12-8-4-2-5-9-12)13-10-6-3-7-11-13;2*1-2;/h2*2-11H,1H3;2*1H2;. The van der Waals surface area contributed by atoms with E-state index in [2.05, 4.69) is 135 Å². The molecule has 0 amide bonds. The molecule has 0 atom stereocenters. The fourth-order valence-corrected chi connectivity index (χ4v) is 5.98. The van der Waals surface area contributed by atoms with Crippen molar-refractivity contribution in [3.05, 3.63) is 121 Å². The van der Waals surface area contributed by atoms with Gasteiger partial charge in [-0.05, 0) is 50.4 Å². The minimum Gasteiger partial charge on any atom is -0.307 e. The molecular formula is C28H30NiO2P2. The molecule has 0 aliphatic carbocycles. The molecule has 0 unspecified atom stereocenters. The number of carbonyl (C=O) groups is 2. The first-order chi connectivity index (χ1) is 15.8. The number of carbonyl (C=O) groups excluding carboxylic acids is 2. The average molecular weight is 519 g/mol. The van der Waals surface area contributed by atoms with Crippen LogP contribution < -0.4 is 21.2 Å². The van der Waals surface area contributed by atoms with Crippen LogP contribution in [0.4, 0.5) is 0 Å². The Morgan fingerprint density at radius 3 is 0.697 bits per heavy atom. The molecule has 0 fully saturated rings. The van der Waals surface area contributed by atoms with Gasteiger partial charge in [0.15, 0.2) is 0 Å². The van der Waals surface area contributed by atoms with Gasteiger partial charge in [-0.25, -0.2) is 0 Å². The van der Waals surface area contributed by atoms with Gasteiger partial charge in [-0.1, -0.05) is 121 Å². The van der Waals surface area contributed by atoms with Crippen molar-refractivity contribution in [1.82, 2.24) is 0 Å². The summed E-state index contributed by atoms with van der Waals surface area (Å²) in [6.07, 6.45) is 0. The molecular weight excluding hydrogens is 489 g/mol. The molecule has 0 saturated heterocycles. The van der Waals surface area contributed by atoms with Gasteiger partial charge in [0, 0.05) is 16.5 Å². The summed E-state index contributed by atoms with van der Waals surface area (Å²) in [5, 5.41) is 5.75. The zero-order chi connectivity index (χ0) is 23.6. The van der Waals surface area contributed by atoms with Gasteiger partial charge < -0.3 is 9.59 Å². The van der Waals surface area contributed by atoms with Crippen LogP contribution in [-0.4, -0.2) is 26.9 Å². The number of benzene rings is 4. The smallest absolute Gasteiger partial charge is 0.106 e. The predicted molar refractivity (Wildman–Crippen MR) is 144 cm³/mol. The van der Waals surface area contributed by atoms with Crippen LogP contribution in [0.3, 0.4) is 0 Å². The van der Waals surface area contributed by atoms with E-state index < -0.39 is 0 Å². The first kappa shape index (κ1) is 30.6. The molecule has 33 heavy (non-hydrogen) atoms. The van der Waals surface area contributed by atoms with Gasteiger partial charge in [-0.15, -0.1) is 0 Å². The number of hydrogen-bond donors (Lipinski definition) is 0. The van der Waals surface area contributed by atoms with Gasteiger partial charge in [-0.3, -0.25) is 0 Å². The van der Waals surface area contributed by atoms with Crippen molar-refractivity contribution in [3.8, 4) is 0 Å². The Bertz CT molecular complexity index is 810. The summed E-state index contributed by atoms with van der Waals surface area (Å²) in [5.74, 6) is 0. The van der Waals surface area contributed by atoms with E-state index in [9.17, 15) is 0 Å². The van der Waals surface area contributed by atoms with Crippen molar-refractivity contribution in [3.63, 3.8) is 0 Å². The van der Waals surface area contributed by atoms with E-state index in [-0.39, 0.29) is 32.3 Å². The first-order valence-corrected chi connectivity index (χ1v) is 13.6. The largest absolute Gasteiger partial charge is 0.307 e. The molecule has 0 spiro atoms. The topological polar surface area (TPSA) is 34.1 Å². The third kappa shape index (κ3) is 10.8. The minimum atomic E-state index is -0.171. The molecule has 0 saturated carbocycles. The fourth-order valence-electron chi connectivity index (χ4n) is 2.90. The summed E-state index contributed by atoms with van der Waals surface area (Å²) in [6, 6.07) is 42.8. The summed E-state index contributed by atoms with van der Waals surface area (Å²) in [6.45, 7) is 8.61. The molecule has 174 valence electrons. The maximum absolute atomic E-state index is 8.00. The van der Waals surface area contributed by atoms with Gasteiger partial charge in [0.05, 0.1) is 0 Å². The van der Waals surface area contributed by atoms with E-state index in [0.29, 0.717) is 0 Å². The molecule has 0 aliphatic heterocycles. The molecule has 2 nitrogen and oxygen atoms in total. The maximum atomic E-state index is 8.00. The molecule has 0 aliphatic rings. The van der Waals surface area contributed by atoms with E-state index in [4.69, 9.17) is 9.59 Å². The van der Waals surface area contributed by atoms with Crippen molar-refractivity contribution < 1.29 is 26.1 Å². The van der Waals surface area contributed by atoms with E-state index in [1.165, 1.54) is 21.2 Å². The Balaban J connectivity index is 0.000000526. The first-order valence-electron chi connectivity index (χ1n) is 10.0. The van der Waals surface area contributed by atoms with E-state index >= 15 is 0 Å². The van der Waals surface area contributed by atoms with E-state index in [1.807, 2.05) is 13.6 Å². The zero-order valence-electron chi connectivity index (χ0n) is 19.0. The molecule has 0 bridgehead atoms. The van der Waals surface area contributed by atoms with Crippen molar-refractivity contribution in [1.29, 1.82) is 0 Å². The van der Waals surface area contributed by atoms with Crippen molar-refractivity contribution in [2.75, 3.05) is 13.3 Å². The monoisotopic (exact) mass is 518 g/mol. The molecule has 5 heteroatoms. The maximum Gasteiger partial charge on any atom is 0.106 e. The van der Waals surface area contributed by atoms with Crippen LogP contribution in [0.25, 0.3) is 0 Å². The summed E-state index contributed by atoms with van der Waals surface area (Å²) in [5.41, 5.74) is 0. The Morgan fingerprint density at radius 2 is 0.545 bits per heavy atom. The predicted octanol–water partition coefficient (Wildman–Crippen LogP) is 5.13. The SMILES string of the molecule is C=O.C=O.CP(c1ccccc1)c1ccccc1.CP(c1ccccc1)c1ccccc1.[Ni]. The Labute approximate surface area is 210 Å². The molecule has 4 aromatic rings. The number of rotatable bonds is 4. The molecule has 4 rings (SSSR count). The zero-order valence-corrected chi connectivity index (χ0v) is 21.8. The fraction of sp³-hybridized carbons (Fsp3) is 0.0714. The molecule has 4 aromatic carbocycles. The second-order valence-electron chi connectivity index (χ2n) is 6.46. The van der Waals surface area contributed by atoms with Crippen molar-refractivity contribution >= 4 is 50.6 Å². The van der Waals surface area contributed by atoms with E-state index in [1.54, 1.807) is 0 Å². The third-order valence-corrected chi connectivity index (χ3v) is 8.86.